The van der Waals surface area contributed by atoms with Crippen LogP contribution in [0.4, 0.5) is 0 Å². The highest BCUT2D eigenvalue weighted by atomic mass is 32.2. The van der Waals surface area contributed by atoms with E-state index in [1.807, 2.05) is 13.0 Å². The van der Waals surface area contributed by atoms with Crippen molar-refractivity contribution < 1.29 is 4.79 Å². The quantitative estimate of drug-likeness (QED) is 0.596. The minimum Gasteiger partial charge on any atom is -0.298 e. The molecule has 0 aromatic carbocycles. The summed E-state index contributed by atoms with van der Waals surface area (Å²) in [6.45, 7) is 3.37. The predicted octanol–water partition coefficient (Wildman–Crippen LogP) is 1.22. The van der Waals surface area contributed by atoms with Gasteiger partial charge in [-0.25, -0.2) is 0 Å². The lowest BCUT2D eigenvalue weighted by Crippen LogP contribution is -2.10. The molecule has 50 valence electrons. The summed E-state index contributed by atoms with van der Waals surface area (Å²) in [6, 6.07) is 1.92. The summed E-state index contributed by atoms with van der Waals surface area (Å²) < 4.78 is 0. The molecule has 0 aromatic rings. The molecule has 0 radical (unpaired) electrons. The molecule has 1 unspecified atom stereocenters. The second kappa shape index (κ2) is 4.39. The van der Waals surface area contributed by atoms with Gasteiger partial charge >= 0.3 is 0 Å². The van der Waals surface area contributed by atoms with Crippen LogP contribution in [0.25, 0.3) is 0 Å². The fourth-order valence-electron chi connectivity index (χ4n) is 0.412. The van der Waals surface area contributed by atoms with Gasteiger partial charge in [-0.3, -0.25) is 4.79 Å². The number of nitriles is 1. The normalized spacial score (nSPS) is 12.1. The molecule has 0 rings (SSSR count). The van der Waals surface area contributed by atoms with Crippen molar-refractivity contribution >= 4 is 17.5 Å². The van der Waals surface area contributed by atoms with Crippen LogP contribution >= 0.6 is 11.8 Å². The molecule has 0 aliphatic carbocycles. The topological polar surface area (TPSA) is 40.9 Å². The van der Waals surface area contributed by atoms with Gasteiger partial charge in [-0.1, -0.05) is 6.92 Å². The van der Waals surface area contributed by atoms with Crippen LogP contribution in [0.2, 0.25) is 0 Å². The fourth-order valence-corrected chi connectivity index (χ4v) is 1.05. The number of carbonyl (C=O) groups is 1. The van der Waals surface area contributed by atoms with Crippen molar-refractivity contribution in [3.8, 4) is 6.07 Å². The van der Waals surface area contributed by atoms with Crippen LogP contribution in [-0.2, 0) is 4.79 Å². The summed E-state index contributed by atoms with van der Waals surface area (Å²) in [5.41, 5.74) is 0. The first-order valence-electron chi connectivity index (χ1n) is 2.74. The molecular weight excluding hydrogens is 134 g/mol. The van der Waals surface area contributed by atoms with E-state index in [-0.39, 0.29) is 5.78 Å². The second-order valence-corrected chi connectivity index (χ2v) is 2.96. The van der Waals surface area contributed by atoms with Crippen molar-refractivity contribution in [1.29, 1.82) is 5.26 Å². The Morgan fingerprint density at radius 2 is 2.44 bits per heavy atom. The monoisotopic (exact) mass is 143 g/mol. The third kappa shape index (κ3) is 3.15. The molecule has 0 bridgehead atoms. The predicted molar refractivity (Wildman–Crippen MR) is 38.2 cm³/mol. The Morgan fingerprint density at radius 3 is 2.56 bits per heavy atom. The van der Waals surface area contributed by atoms with E-state index in [4.69, 9.17) is 5.26 Å². The van der Waals surface area contributed by atoms with Crippen LogP contribution in [0.1, 0.15) is 13.8 Å². The zero-order chi connectivity index (χ0) is 7.28. The van der Waals surface area contributed by atoms with Crippen LogP contribution in [0.5, 0.6) is 0 Å². The highest BCUT2D eigenvalue weighted by Crippen LogP contribution is 2.09. The lowest BCUT2D eigenvalue weighted by molar-refractivity contribution is -0.115. The van der Waals surface area contributed by atoms with E-state index in [1.54, 1.807) is 0 Å². The lowest BCUT2D eigenvalue weighted by Gasteiger charge is -1.98. The molecule has 0 fully saturated rings. The van der Waals surface area contributed by atoms with Gasteiger partial charge in [-0.05, 0) is 12.7 Å². The molecule has 0 N–H and O–H groups in total. The van der Waals surface area contributed by atoms with Crippen LogP contribution in [0, 0.1) is 11.3 Å². The Balaban J connectivity index is 3.72. The highest BCUT2D eigenvalue weighted by molar-refractivity contribution is 8.00. The smallest absolute Gasteiger partial charge is 0.156 e. The molecule has 0 aromatic heterocycles. The van der Waals surface area contributed by atoms with Gasteiger partial charge in [-0.15, -0.1) is 11.8 Å². The van der Waals surface area contributed by atoms with Gasteiger partial charge in [0.15, 0.2) is 5.78 Å². The largest absolute Gasteiger partial charge is 0.298 e. The van der Waals surface area contributed by atoms with E-state index in [1.165, 1.54) is 18.7 Å². The van der Waals surface area contributed by atoms with Crippen LogP contribution in [0.15, 0.2) is 0 Å². The molecule has 0 aliphatic rings. The SMILES string of the molecule is CCSC(C#N)C(C)=O. The maximum absolute atomic E-state index is 10.5. The second-order valence-electron chi connectivity index (χ2n) is 1.58. The number of hydrogen-bond donors (Lipinski definition) is 0. The van der Waals surface area contributed by atoms with Crippen molar-refractivity contribution in [2.24, 2.45) is 0 Å². The van der Waals surface area contributed by atoms with Gasteiger partial charge in [0.2, 0.25) is 0 Å². The summed E-state index contributed by atoms with van der Waals surface area (Å²) in [6.07, 6.45) is 0. The van der Waals surface area contributed by atoms with E-state index < -0.39 is 5.25 Å². The van der Waals surface area contributed by atoms with Crippen LogP contribution in [0.3, 0.4) is 0 Å². The molecule has 0 saturated carbocycles. The summed E-state index contributed by atoms with van der Waals surface area (Å²) in [4.78, 5) is 10.5. The Labute approximate surface area is 59.2 Å². The fraction of sp³-hybridized carbons (Fsp3) is 0.667. The van der Waals surface area contributed by atoms with E-state index in [0.29, 0.717) is 0 Å². The lowest BCUT2D eigenvalue weighted by atomic mass is 10.3. The number of nitrogens with zero attached hydrogens (tertiary/aromatic N) is 1. The average Bonchev–Trinajstić information content (AvgIpc) is 1.82. The maximum atomic E-state index is 10.5. The number of hydrogen-bond acceptors (Lipinski definition) is 3. The van der Waals surface area contributed by atoms with Crippen molar-refractivity contribution in [3.63, 3.8) is 0 Å². The van der Waals surface area contributed by atoms with E-state index in [9.17, 15) is 4.79 Å². The Kier molecular flexibility index (Phi) is 4.16. The van der Waals surface area contributed by atoms with Crippen molar-refractivity contribution in [2.45, 2.75) is 19.1 Å². The number of rotatable bonds is 3. The van der Waals surface area contributed by atoms with Gasteiger partial charge in [0, 0.05) is 0 Å². The zero-order valence-electron chi connectivity index (χ0n) is 5.55. The Bertz CT molecular complexity index is 138. The van der Waals surface area contributed by atoms with Gasteiger partial charge < -0.3 is 0 Å². The minimum atomic E-state index is -0.449. The van der Waals surface area contributed by atoms with Crippen molar-refractivity contribution in [3.05, 3.63) is 0 Å². The summed E-state index contributed by atoms with van der Waals surface area (Å²) >= 11 is 1.37. The first-order chi connectivity index (χ1) is 4.22. The molecule has 3 heteroatoms. The molecule has 2 nitrogen and oxygen atoms in total. The maximum Gasteiger partial charge on any atom is 0.156 e. The molecule has 0 aliphatic heterocycles. The zero-order valence-corrected chi connectivity index (χ0v) is 6.36. The standard InChI is InChI=1S/C6H9NOS/c1-3-9-6(4-7)5(2)8/h6H,3H2,1-2H3. The van der Waals surface area contributed by atoms with Gasteiger partial charge in [-0.2, -0.15) is 5.26 Å². The summed E-state index contributed by atoms with van der Waals surface area (Å²) in [5, 5.41) is 7.89. The average molecular weight is 143 g/mol. The van der Waals surface area contributed by atoms with Gasteiger partial charge in [0.25, 0.3) is 0 Å². The number of Topliss-reactive ketones (excluding diaryl/α,β-unsaturated/α-hetero) is 1. The third-order valence-corrected chi connectivity index (χ3v) is 1.92. The van der Waals surface area contributed by atoms with Crippen LogP contribution in [-0.4, -0.2) is 16.8 Å². The minimum absolute atomic E-state index is 0.0515. The first kappa shape index (κ1) is 8.51. The number of thioether (sulfide) groups is 1. The van der Waals surface area contributed by atoms with Crippen LogP contribution < -0.4 is 0 Å². The van der Waals surface area contributed by atoms with Crippen molar-refractivity contribution in [2.75, 3.05) is 5.75 Å². The molecule has 1 atom stereocenters. The molecule has 9 heavy (non-hydrogen) atoms. The van der Waals surface area contributed by atoms with E-state index in [2.05, 4.69) is 0 Å². The molecular formula is C6H9NOS. The molecule has 0 amide bonds. The number of carbonyl (C=O) groups excluding carboxylic acids is 1. The third-order valence-electron chi connectivity index (χ3n) is 0.820. The van der Waals surface area contributed by atoms with E-state index >= 15 is 0 Å². The number of ketones is 1. The molecule has 0 saturated heterocycles. The summed E-state index contributed by atoms with van der Waals surface area (Å²) in [5.74, 6) is 0.766. The summed E-state index contributed by atoms with van der Waals surface area (Å²) in [7, 11) is 0. The van der Waals surface area contributed by atoms with Gasteiger partial charge in [0.05, 0.1) is 6.07 Å². The highest BCUT2D eigenvalue weighted by Gasteiger charge is 2.10. The van der Waals surface area contributed by atoms with E-state index in [0.717, 1.165) is 5.75 Å². The Morgan fingerprint density at radius 1 is 1.89 bits per heavy atom. The van der Waals surface area contributed by atoms with Crippen molar-refractivity contribution in [1.82, 2.24) is 0 Å². The first-order valence-corrected chi connectivity index (χ1v) is 3.79. The van der Waals surface area contributed by atoms with Gasteiger partial charge in [0.1, 0.15) is 5.25 Å². The molecule has 0 spiro atoms. The Hall–Kier alpha value is -0.490. The molecule has 0 heterocycles.